The molecule has 0 radical (unpaired) electrons. The molecule has 0 saturated carbocycles. The minimum atomic E-state index is -0.280. The van der Waals surface area contributed by atoms with Crippen molar-refractivity contribution in [3.8, 4) is 0 Å². The molecule has 0 amide bonds. The molecule has 1 aromatic carbocycles. The third-order valence-corrected chi connectivity index (χ3v) is 3.74. The lowest BCUT2D eigenvalue weighted by molar-refractivity contribution is 0.319. The molecule has 0 spiro atoms. The van der Waals surface area contributed by atoms with E-state index < -0.39 is 0 Å². The van der Waals surface area contributed by atoms with Crippen LogP contribution in [0.25, 0.3) is 0 Å². The number of hydrogen-bond donors (Lipinski definition) is 2. The number of rotatable bonds is 1. The summed E-state index contributed by atoms with van der Waals surface area (Å²) in [5.74, 6) is 0. The largest absolute Gasteiger partial charge is 0.322 e. The molecule has 1 heterocycles. The van der Waals surface area contributed by atoms with Crippen molar-refractivity contribution in [2.24, 2.45) is 5.73 Å². The van der Waals surface area contributed by atoms with Gasteiger partial charge in [-0.05, 0) is 58.2 Å². The van der Waals surface area contributed by atoms with Crippen LogP contribution in [0, 0.1) is 0 Å². The Kier molecular flexibility index (Phi) is 2.47. The Bertz CT molecular complexity index is 450. The van der Waals surface area contributed by atoms with Crippen molar-refractivity contribution in [3.05, 3.63) is 34.9 Å². The Balaban J connectivity index is 2.61. The first kappa shape index (κ1) is 12.6. The summed E-state index contributed by atoms with van der Waals surface area (Å²) in [5.41, 5.74) is 9.91. The van der Waals surface area contributed by atoms with Crippen LogP contribution in [0.15, 0.2) is 18.2 Å². The van der Waals surface area contributed by atoms with E-state index in [0.29, 0.717) is 0 Å². The molecule has 2 rings (SSSR count). The smallest absolute Gasteiger partial charge is 0.0388 e. The van der Waals surface area contributed by atoms with Crippen molar-refractivity contribution in [1.82, 2.24) is 5.32 Å². The molecule has 0 aliphatic carbocycles. The average molecular weight is 232 g/mol. The monoisotopic (exact) mass is 232 g/mol. The predicted molar refractivity (Wildman–Crippen MR) is 72.8 cm³/mol. The molecule has 2 heteroatoms. The molecule has 94 valence electrons. The highest BCUT2D eigenvalue weighted by Crippen LogP contribution is 2.41. The van der Waals surface area contributed by atoms with E-state index in [1.54, 1.807) is 0 Å². The summed E-state index contributed by atoms with van der Waals surface area (Å²) >= 11 is 0. The van der Waals surface area contributed by atoms with Gasteiger partial charge in [-0.2, -0.15) is 0 Å². The van der Waals surface area contributed by atoms with Gasteiger partial charge in [0, 0.05) is 16.6 Å². The van der Waals surface area contributed by atoms with Crippen LogP contribution in [-0.4, -0.2) is 0 Å². The van der Waals surface area contributed by atoms with Crippen LogP contribution in [0.2, 0.25) is 0 Å². The van der Waals surface area contributed by atoms with E-state index in [9.17, 15) is 0 Å². The van der Waals surface area contributed by atoms with E-state index in [2.05, 4.69) is 65.1 Å². The first-order valence-electron chi connectivity index (χ1n) is 6.28. The van der Waals surface area contributed by atoms with Gasteiger partial charge >= 0.3 is 0 Å². The van der Waals surface area contributed by atoms with Gasteiger partial charge in [0.25, 0.3) is 0 Å². The fourth-order valence-electron chi connectivity index (χ4n) is 2.92. The van der Waals surface area contributed by atoms with Crippen LogP contribution in [0.1, 0.15) is 58.2 Å². The number of benzene rings is 1. The maximum Gasteiger partial charge on any atom is 0.0388 e. The van der Waals surface area contributed by atoms with Crippen molar-refractivity contribution in [1.29, 1.82) is 0 Å². The molecule has 1 aliphatic rings. The zero-order valence-corrected chi connectivity index (χ0v) is 11.8. The zero-order valence-electron chi connectivity index (χ0n) is 11.8. The molecule has 1 aromatic rings. The lowest BCUT2D eigenvalue weighted by Gasteiger charge is -2.26. The van der Waals surface area contributed by atoms with Gasteiger partial charge in [-0.1, -0.05) is 18.2 Å². The number of hydrogen-bond acceptors (Lipinski definition) is 2. The summed E-state index contributed by atoms with van der Waals surface area (Å²) in [7, 11) is 0. The van der Waals surface area contributed by atoms with Gasteiger partial charge in [0.2, 0.25) is 0 Å². The SMILES string of the molecule is CC(C)(N)c1ccc2c(c1)C(C)(C)NC2(C)C. The van der Waals surface area contributed by atoms with Crippen LogP contribution >= 0.6 is 0 Å². The summed E-state index contributed by atoms with van der Waals surface area (Å²) in [4.78, 5) is 0. The number of nitrogens with two attached hydrogens (primary N) is 1. The lowest BCUT2D eigenvalue weighted by Crippen LogP contribution is -2.40. The molecule has 0 fully saturated rings. The van der Waals surface area contributed by atoms with Crippen molar-refractivity contribution in [3.63, 3.8) is 0 Å². The van der Waals surface area contributed by atoms with Gasteiger partial charge in [0.1, 0.15) is 0 Å². The molecule has 1 aliphatic heterocycles. The van der Waals surface area contributed by atoms with Gasteiger partial charge in [-0.3, -0.25) is 5.32 Å². The molecule has 0 aromatic heterocycles. The van der Waals surface area contributed by atoms with E-state index in [1.807, 2.05) is 0 Å². The topological polar surface area (TPSA) is 38.0 Å². The van der Waals surface area contributed by atoms with Gasteiger partial charge in [0.15, 0.2) is 0 Å². The van der Waals surface area contributed by atoms with E-state index in [4.69, 9.17) is 5.73 Å². The van der Waals surface area contributed by atoms with Gasteiger partial charge in [-0.15, -0.1) is 0 Å². The third kappa shape index (κ3) is 2.00. The van der Waals surface area contributed by atoms with Crippen LogP contribution in [0.5, 0.6) is 0 Å². The maximum absolute atomic E-state index is 6.19. The molecule has 2 nitrogen and oxygen atoms in total. The quantitative estimate of drug-likeness (QED) is 0.781. The van der Waals surface area contributed by atoms with E-state index >= 15 is 0 Å². The first-order chi connectivity index (χ1) is 7.54. The second-order valence-electron chi connectivity index (χ2n) is 6.86. The minimum absolute atomic E-state index is 0.0140. The molecule has 3 N–H and O–H groups in total. The average Bonchev–Trinajstić information content (AvgIpc) is 2.31. The standard InChI is InChI=1S/C15H24N2/c1-13(2,16)10-7-8-11-12(9-10)15(5,6)17-14(11,3)4/h7-9,17H,16H2,1-6H3. The summed E-state index contributed by atoms with van der Waals surface area (Å²) in [5, 5.41) is 3.67. The molecular weight excluding hydrogens is 208 g/mol. The zero-order chi connectivity index (χ0) is 13.1. The molecule has 0 atom stereocenters. The fourth-order valence-corrected chi connectivity index (χ4v) is 2.92. The Labute approximate surface area is 105 Å². The van der Waals surface area contributed by atoms with Crippen LogP contribution < -0.4 is 11.1 Å². The van der Waals surface area contributed by atoms with E-state index in [1.165, 1.54) is 16.7 Å². The minimum Gasteiger partial charge on any atom is -0.322 e. The van der Waals surface area contributed by atoms with E-state index in [0.717, 1.165) is 0 Å². The van der Waals surface area contributed by atoms with Gasteiger partial charge in [0.05, 0.1) is 0 Å². The Hall–Kier alpha value is -0.860. The molecule has 0 saturated heterocycles. The summed E-state index contributed by atoms with van der Waals surface area (Å²) in [6.07, 6.45) is 0. The fraction of sp³-hybridized carbons (Fsp3) is 0.600. The summed E-state index contributed by atoms with van der Waals surface area (Å²) in [6.45, 7) is 13.0. The van der Waals surface area contributed by atoms with Gasteiger partial charge in [-0.25, -0.2) is 0 Å². The molecular formula is C15H24N2. The van der Waals surface area contributed by atoms with Crippen LogP contribution in [0.3, 0.4) is 0 Å². The third-order valence-electron chi connectivity index (χ3n) is 3.74. The Morgan fingerprint density at radius 2 is 1.53 bits per heavy atom. The predicted octanol–water partition coefficient (Wildman–Crippen LogP) is 2.95. The summed E-state index contributed by atoms with van der Waals surface area (Å²) in [6, 6.07) is 6.64. The Morgan fingerprint density at radius 1 is 1.00 bits per heavy atom. The molecule has 17 heavy (non-hydrogen) atoms. The highest BCUT2D eigenvalue weighted by Gasteiger charge is 2.41. The number of fused-ring (bicyclic) bond motifs is 1. The summed E-state index contributed by atoms with van der Waals surface area (Å²) < 4.78 is 0. The second kappa shape index (κ2) is 3.33. The molecule has 0 unspecified atom stereocenters. The number of nitrogens with one attached hydrogen (secondary N) is 1. The first-order valence-corrected chi connectivity index (χ1v) is 6.28. The normalized spacial score (nSPS) is 21.4. The van der Waals surface area contributed by atoms with Crippen molar-refractivity contribution in [2.75, 3.05) is 0 Å². The second-order valence-corrected chi connectivity index (χ2v) is 6.86. The van der Waals surface area contributed by atoms with Crippen LogP contribution in [-0.2, 0) is 16.6 Å². The molecule has 0 bridgehead atoms. The van der Waals surface area contributed by atoms with Gasteiger partial charge < -0.3 is 5.73 Å². The maximum atomic E-state index is 6.19. The van der Waals surface area contributed by atoms with Crippen LogP contribution in [0.4, 0.5) is 0 Å². The lowest BCUT2D eigenvalue weighted by atomic mass is 9.85. The highest BCUT2D eigenvalue weighted by molar-refractivity contribution is 5.46. The van der Waals surface area contributed by atoms with Crippen molar-refractivity contribution in [2.45, 2.75) is 58.2 Å². The Morgan fingerprint density at radius 3 is 2.06 bits per heavy atom. The van der Waals surface area contributed by atoms with E-state index in [-0.39, 0.29) is 16.6 Å². The van der Waals surface area contributed by atoms with Crippen molar-refractivity contribution >= 4 is 0 Å². The van der Waals surface area contributed by atoms with Crippen molar-refractivity contribution < 1.29 is 0 Å². The highest BCUT2D eigenvalue weighted by atomic mass is 15.1.